The summed E-state index contributed by atoms with van der Waals surface area (Å²) >= 11 is 6.46. The normalized spacial score (nSPS) is 14.4. The molecule has 0 radical (unpaired) electrons. The van der Waals surface area contributed by atoms with E-state index in [1.165, 1.54) is 0 Å². The Morgan fingerprint density at radius 1 is 1.07 bits per heavy atom. The minimum Gasteiger partial charge on any atom is -0.507 e. The van der Waals surface area contributed by atoms with E-state index in [1.54, 1.807) is 24.1 Å². The maximum atomic E-state index is 13.9. The van der Waals surface area contributed by atoms with E-state index in [2.05, 4.69) is 24.0 Å². The summed E-state index contributed by atoms with van der Waals surface area (Å²) in [5, 5.41) is 18.8. The molecule has 1 aliphatic rings. The lowest BCUT2D eigenvalue weighted by molar-refractivity contribution is 0.0729. The van der Waals surface area contributed by atoms with Crippen molar-refractivity contribution in [3.63, 3.8) is 0 Å². The van der Waals surface area contributed by atoms with Gasteiger partial charge < -0.3 is 24.2 Å². The molecule has 5 rings (SSSR count). The second-order valence-corrected chi connectivity index (χ2v) is 11.2. The number of fused-ring (bicyclic) bond motifs is 1. The van der Waals surface area contributed by atoms with Gasteiger partial charge >= 0.3 is 0 Å². The van der Waals surface area contributed by atoms with Crippen LogP contribution in [-0.4, -0.2) is 46.4 Å². The minimum absolute atomic E-state index is 0.0370. The molecule has 0 saturated carbocycles. The Bertz CT molecular complexity index is 1580. The molecular weight excluding hydrogens is 554 g/mol. The molecule has 42 heavy (non-hydrogen) atoms. The number of methoxy groups -OCH3 is 1. The number of carbonyl (C=O) groups is 1. The first-order chi connectivity index (χ1) is 20.2. The number of halogens is 1. The van der Waals surface area contributed by atoms with Crippen molar-refractivity contribution in [2.24, 2.45) is 5.92 Å². The number of ether oxygens (including phenoxy) is 3. The van der Waals surface area contributed by atoms with Crippen LogP contribution in [0.4, 0.5) is 0 Å². The average molecular weight is 590 g/mol. The minimum atomic E-state index is -0.522. The number of hydrogen-bond donors (Lipinski definition) is 2. The molecule has 220 valence electrons. The topological polar surface area (TPSA) is 96.9 Å². The van der Waals surface area contributed by atoms with Gasteiger partial charge in [-0.2, -0.15) is 5.10 Å². The number of aromatic amines is 1. The number of phenolic OH excluding ortho intramolecular Hbond substituents is 1. The van der Waals surface area contributed by atoms with Gasteiger partial charge in [-0.15, -0.1) is 0 Å². The van der Waals surface area contributed by atoms with Crippen molar-refractivity contribution in [1.29, 1.82) is 0 Å². The van der Waals surface area contributed by atoms with Gasteiger partial charge in [-0.25, -0.2) is 0 Å². The molecule has 2 heterocycles. The SMILES string of the molecule is CCOc1cc(C2c3c(-c4cc(Cl)c(C)cc4O)n[nH]c3C(=O)N2Cc2ccc(OC)cc2)ccc1OCCC(C)C. The average Bonchev–Trinajstić information content (AvgIpc) is 3.50. The van der Waals surface area contributed by atoms with E-state index in [9.17, 15) is 9.90 Å². The Hall–Kier alpha value is -4.17. The highest BCUT2D eigenvalue weighted by atomic mass is 35.5. The third-order valence-corrected chi connectivity index (χ3v) is 7.85. The fourth-order valence-electron chi connectivity index (χ4n) is 5.18. The molecule has 0 spiro atoms. The van der Waals surface area contributed by atoms with Gasteiger partial charge in [0.25, 0.3) is 5.91 Å². The van der Waals surface area contributed by atoms with Gasteiger partial charge in [0, 0.05) is 22.7 Å². The summed E-state index contributed by atoms with van der Waals surface area (Å²) < 4.78 is 17.4. The number of nitrogens with zero attached hydrogens (tertiary/aromatic N) is 2. The molecule has 9 heteroatoms. The lowest BCUT2D eigenvalue weighted by Gasteiger charge is -2.27. The molecule has 8 nitrogen and oxygen atoms in total. The van der Waals surface area contributed by atoms with Crippen molar-refractivity contribution in [2.45, 2.75) is 46.7 Å². The molecule has 4 aromatic rings. The van der Waals surface area contributed by atoms with Crippen molar-refractivity contribution < 1.29 is 24.1 Å². The third kappa shape index (κ3) is 5.77. The van der Waals surface area contributed by atoms with Gasteiger partial charge in [-0.1, -0.05) is 43.6 Å². The first-order valence-electron chi connectivity index (χ1n) is 14.1. The maximum Gasteiger partial charge on any atom is 0.273 e. The Balaban J connectivity index is 1.62. The number of H-pyrrole nitrogens is 1. The van der Waals surface area contributed by atoms with Gasteiger partial charge in [0.15, 0.2) is 11.5 Å². The molecule has 2 N–H and O–H groups in total. The summed E-state index contributed by atoms with van der Waals surface area (Å²) in [4.78, 5) is 15.7. The van der Waals surface area contributed by atoms with E-state index in [0.717, 1.165) is 28.9 Å². The number of aromatic hydroxyl groups is 1. The monoisotopic (exact) mass is 589 g/mol. The Morgan fingerprint density at radius 3 is 2.52 bits per heavy atom. The molecule has 1 amide bonds. The van der Waals surface area contributed by atoms with Gasteiger partial charge in [-0.3, -0.25) is 9.89 Å². The van der Waals surface area contributed by atoms with Gasteiger partial charge in [0.1, 0.15) is 22.9 Å². The van der Waals surface area contributed by atoms with Crippen molar-refractivity contribution in [1.82, 2.24) is 15.1 Å². The van der Waals surface area contributed by atoms with E-state index in [4.69, 9.17) is 25.8 Å². The van der Waals surface area contributed by atoms with Gasteiger partial charge in [-0.05, 0) is 79.3 Å². The van der Waals surface area contributed by atoms with Crippen LogP contribution >= 0.6 is 11.6 Å². The van der Waals surface area contributed by atoms with Crippen molar-refractivity contribution in [3.8, 4) is 34.3 Å². The first kappa shape index (κ1) is 29.3. The van der Waals surface area contributed by atoms with E-state index in [-0.39, 0.29) is 11.7 Å². The summed E-state index contributed by atoms with van der Waals surface area (Å²) in [5.74, 6) is 2.35. The van der Waals surface area contributed by atoms with E-state index >= 15 is 0 Å². The lowest BCUT2D eigenvalue weighted by atomic mass is 9.94. The molecule has 1 unspecified atom stereocenters. The van der Waals surface area contributed by atoms with Crippen LogP contribution in [0.1, 0.15) is 66.0 Å². The highest BCUT2D eigenvalue weighted by Gasteiger charge is 2.43. The second kappa shape index (κ2) is 12.4. The van der Waals surface area contributed by atoms with E-state index in [0.29, 0.717) is 64.7 Å². The molecule has 0 aliphatic carbocycles. The third-order valence-electron chi connectivity index (χ3n) is 7.44. The smallest absolute Gasteiger partial charge is 0.273 e. The number of aromatic nitrogens is 2. The highest BCUT2D eigenvalue weighted by molar-refractivity contribution is 6.31. The number of amides is 1. The van der Waals surface area contributed by atoms with Crippen molar-refractivity contribution in [3.05, 3.63) is 87.6 Å². The number of rotatable bonds is 11. The lowest BCUT2D eigenvalue weighted by Crippen LogP contribution is -2.29. The summed E-state index contributed by atoms with van der Waals surface area (Å²) in [7, 11) is 1.62. The summed E-state index contributed by atoms with van der Waals surface area (Å²) in [6.07, 6.45) is 0.921. The second-order valence-electron chi connectivity index (χ2n) is 10.8. The summed E-state index contributed by atoms with van der Waals surface area (Å²) in [6.45, 7) is 9.44. The zero-order valence-corrected chi connectivity index (χ0v) is 25.3. The number of nitrogens with one attached hydrogen (secondary N) is 1. The van der Waals surface area contributed by atoms with Crippen molar-refractivity contribution in [2.75, 3.05) is 20.3 Å². The molecule has 0 bridgehead atoms. The molecule has 1 aliphatic heterocycles. The van der Waals surface area contributed by atoms with E-state index in [1.807, 2.05) is 56.3 Å². The van der Waals surface area contributed by atoms with Crippen LogP contribution in [0.5, 0.6) is 23.0 Å². The quantitative estimate of drug-likeness (QED) is 0.190. The predicted octanol–water partition coefficient (Wildman–Crippen LogP) is 7.32. The number of carbonyl (C=O) groups excluding carboxylic acids is 1. The molecule has 0 fully saturated rings. The van der Waals surface area contributed by atoms with Crippen LogP contribution < -0.4 is 14.2 Å². The maximum absolute atomic E-state index is 13.9. The zero-order chi connectivity index (χ0) is 30.0. The Kier molecular flexibility index (Phi) is 8.64. The molecule has 3 aromatic carbocycles. The summed E-state index contributed by atoms with van der Waals surface area (Å²) in [6, 6.07) is 16.2. The highest BCUT2D eigenvalue weighted by Crippen LogP contribution is 2.47. The predicted molar refractivity (Wildman–Crippen MR) is 163 cm³/mol. The van der Waals surface area contributed by atoms with Crippen LogP contribution in [-0.2, 0) is 6.54 Å². The molecule has 1 aromatic heterocycles. The molecular formula is C33H36ClN3O5. The summed E-state index contributed by atoms with van der Waals surface area (Å²) in [5.41, 5.74) is 4.47. The van der Waals surface area contributed by atoms with Crippen LogP contribution in [0.3, 0.4) is 0 Å². The van der Waals surface area contributed by atoms with Crippen LogP contribution in [0.15, 0.2) is 54.6 Å². The zero-order valence-electron chi connectivity index (χ0n) is 24.5. The van der Waals surface area contributed by atoms with Gasteiger partial charge in [0.05, 0.1) is 26.4 Å². The fourth-order valence-corrected chi connectivity index (χ4v) is 5.35. The Labute approximate surface area is 251 Å². The molecule has 1 atom stereocenters. The van der Waals surface area contributed by atoms with Crippen LogP contribution in [0, 0.1) is 12.8 Å². The fraction of sp³-hybridized carbons (Fsp3) is 0.333. The largest absolute Gasteiger partial charge is 0.507 e. The first-order valence-corrected chi connectivity index (χ1v) is 14.5. The van der Waals surface area contributed by atoms with Crippen LogP contribution in [0.2, 0.25) is 5.02 Å². The van der Waals surface area contributed by atoms with E-state index < -0.39 is 6.04 Å². The van der Waals surface area contributed by atoms with Gasteiger partial charge in [0.2, 0.25) is 0 Å². The molecule has 0 saturated heterocycles. The number of phenols is 1. The van der Waals surface area contributed by atoms with Crippen molar-refractivity contribution >= 4 is 17.5 Å². The number of hydrogen-bond acceptors (Lipinski definition) is 6. The number of aryl methyl sites for hydroxylation is 1. The van der Waals surface area contributed by atoms with Crippen LogP contribution in [0.25, 0.3) is 11.3 Å². The number of benzene rings is 3. The Morgan fingerprint density at radius 2 is 1.83 bits per heavy atom. The standard InChI is InChI=1S/C33H36ClN3O5/c1-6-41-28-16-22(9-12-27(28)42-14-13-19(2)3)32-29-30(24-17-25(34)20(4)15-26(24)38)35-36-31(29)33(39)37(32)18-21-7-10-23(40-5)11-8-21/h7-12,15-17,19,32,38H,6,13-14,18H2,1-5H3,(H,35,36).